The third kappa shape index (κ3) is 5.76. The van der Waals surface area contributed by atoms with Gasteiger partial charge in [-0.05, 0) is 43.3 Å². The van der Waals surface area contributed by atoms with Gasteiger partial charge >= 0.3 is 5.97 Å². The molecule has 0 aliphatic rings. The Morgan fingerprint density at radius 1 is 1.00 bits per heavy atom. The van der Waals surface area contributed by atoms with Crippen molar-refractivity contribution in [1.29, 1.82) is 0 Å². The van der Waals surface area contributed by atoms with Crippen LogP contribution in [-0.4, -0.2) is 30.4 Å². The Hall–Kier alpha value is -3.15. The summed E-state index contributed by atoms with van der Waals surface area (Å²) in [6.45, 7) is 2.58. The van der Waals surface area contributed by atoms with Crippen LogP contribution in [0.15, 0.2) is 54.6 Å². The van der Waals surface area contributed by atoms with Crippen LogP contribution < -0.4 is 10.1 Å². The molecule has 0 unspecified atom stereocenters. The summed E-state index contributed by atoms with van der Waals surface area (Å²) in [6.07, 6.45) is -0.822. The maximum atomic E-state index is 12.1. The fourth-order valence-corrected chi connectivity index (χ4v) is 2.03. The van der Waals surface area contributed by atoms with Crippen LogP contribution in [0.3, 0.4) is 0 Å². The topological polar surface area (TPSA) is 81.7 Å². The average molecular weight is 341 g/mol. The van der Waals surface area contributed by atoms with Crippen molar-refractivity contribution in [2.75, 3.05) is 11.9 Å². The monoisotopic (exact) mass is 341 g/mol. The van der Waals surface area contributed by atoms with Crippen molar-refractivity contribution in [3.63, 3.8) is 0 Å². The molecule has 0 heterocycles. The second-order valence-electron chi connectivity index (χ2n) is 5.36. The van der Waals surface area contributed by atoms with Gasteiger partial charge in [0.2, 0.25) is 5.91 Å². The first-order chi connectivity index (χ1) is 12.0. The molecule has 0 fully saturated rings. The van der Waals surface area contributed by atoms with Gasteiger partial charge in [-0.3, -0.25) is 9.59 Å². The number of nitrogens with one attached hydrogen (secondary N) is 1. The molecular weight excluding hydrogens is 322 g/mol. The molecule has 0 spiro atoms. The van der Waals surface area contributed by atoms with Gasteiger partial charge in [-0.15, -0.1) is 0 Å². The number of ether oxygens (including phenoxy) is 2. The second kappa shape index (κ2) is 8.63. The van der Waals surface area contributed by atoms with Crippen molar-refractivity contribution in [2.45, 2.75) is 20.0 Å². The van der Waals surface area contributed by atoms with Gasteiger partial charge in [-0.2, -0.15) is 0 Å². The lowest BCUT2D eigenvalue weighted by molar-refractivity contribution is -0.149. The Balaban J connectivity index is 1.84. The van der Waals surface area contributed by atoms with Crippen LogP contribution in [0.25, 0.3) is 0 Å². The maximum Gasteiger partial charge on any atom is 0.347 e. The molecule has 2 aromatic carbocycles. The Kier molecular flexibility index (Phi) is 6.28. The molecule has 0 aliphatic carbocycles. The summed E-state index contributed by atoms with van der Waals surface area (Å²) in [4.78, 5) is 34.9. The highest BCUT2D eigenvalue weighted by Gasteiger charge is 2.18. The van der Waals surface area contributed by atoms with Crippen molar-refractivity contribution in [1.82, 2.24) is 0 Å². The van der Waals surface area contributed by atoms with Gasteiger partial charge in [0.05, 0.1) is 0 Å². The van der Waals surface area contributed by atoms with Crippen LogP contribution in [0.1, 0.15) is 24.2 Å². The van der Waals surface area contributed by atoms with Crippen LogP contribution in [0.4, 0.5) is 5.69 Å². The molecule has 1 atom stereocenters. The van der Waals surface area contributed by atoms with Crippen LogP contribution in [0, 0.1) is 0 Å². The van der Waals surface area contributed by atoms with Gasteiger partial charge in [0.25, 0.3) is 0 Å². The van der Waals surface area contributed by atoms with Crippen LogP contribution >= 0.6 is 0 Å². The predicted molar refractivity (Wildman–Crippen MR) is 92.6 cm³/mol. The zero-order valence-electron chi connectivity index (χ0n) is 14.0. The van der Waals surface area contributed by atoms with E-state index in [1.54, 1.807) is 55.5 Å². The molecule has 25 heavy (non-hydrogen) atoms. The van der Waals surface area contributed by atoms with Crippen LogP contribution in [0.2, 0.25) is 0 Å². The number of anilines is 1. The summed E-state index contributed by atoms with van der Waals surface area (Å²) in [5.41, 5.74) is 0.976. The molecule has 0 saturated carbocycles. The van der Waals surface area contributed by atoms with E-state index in [1.165, 1.54) is 6.92 Å². The first-order valence-electron chi connectivity index (χ1n) is 7.75. The fourth-order valence-electron chi connectivity index (χ4n) is 2.03. The summed E-state index contributed by atoms with van der Waals surface area (Å²) in [5.74, 6) is -0.603. The number of carbonyl (C=O) groups is 3. The number of para-hydroxylation sites is 1. The zero-order valence-corrected chi connectivity index (χ0v) is 14.0. The van der Waals surface area contributed by atoms with Crippen molar-refractivity contribution in [3.8, 4) is 5.75 Å². The third-order valence-corrected chi connectivity index (χ3v) is 3.26. The summed E-state index contributed by atoms with van der Waals surface area (Å²) in [6, 6.07) is 15.2. The first kappa shape index (κ1) is 18.2. The van der Waals surface area contributed by atoms with E-state index >= 15 is 0 Å². The number of benzene rings is 2. The molecule has 2 rings (SSSR count). The zero-order chi connectivity index (χ0) is 18.2. The number of hydrogen-bond acceptors (Lipinski definition) is 5. The predicted octanol–water partition coefficient (Wildman–Crippen LogP) is 2.84. The number of ketones is 1. The standard InChI is InChI=1S/C19H19NO5/c1-13(25-17-6-4-3-5-7-17)19(23)24-12-18(22)15-8-10-16(11-9-15)20-14(2)21/h3-11,13H,12H2,1-2H3,(H,20,21)/t13-/m1/s1. The Bertz CT molecular complexity index is 740. The quantitative estimate of drug-likeness (QED) is 0.618. The SMILES string of the molecule is CC(=O)Nc1ccc(C(=O)COC(=O)[C@@H](C)Oc2ccccc2)cc1. The highest BCUT2D eigenvalue weighted by Crippen LogP contribution is 2.12. The van der Waals surface area contributed by atoms with Crippen LogP contribution in [0.5, 0.6) is 5.75 Å². The fraction of sp³-hybridized carbons (Fsp3) is 0.211. The van der Waals surface area contributed by atoms with E-state index in [-0.39, 0.29) is 18.3 Å². The third-order valence-electron chi connectivity index (χ3n) is 3.26. The minimum atomic E-state index is -0.822. The Morgan fingerprint density at radius 3 is 2.24 bits per heavy atom. The molecule has 6 nitrogen and oxygen atoms in total. The van der Waals surface area contributed by atoms with Gasteiger partial charge in [-0.1, -0.05) is 18.2 Å². The van der Waals surface area contributed by atoms with Gasteiger partial charge in [0.1, 0.15) is 5.75 Å². The summed E-state index contributed by atoms with van der Waals surface area (Å²) in [7, 11) is 0. The van der Waals surface area contributed by atoms with Gasteiger partial charge in [0, 0.05) is 18.2 Å². The molecule has 0 saturated heterocycles. The number of carbonyl (C=O) groups excluding carboxylic acids is 3. The molecule has 0 aliphatic heterocycles. The molecule has 2 aromatic rings. The first-order valence-corrected chi connectivity index (χ1v) is 7.75. The molecule has 130 valence electrons. The highest BCUT2D eigenvalue weighted by atomic mass is 16.6. The molecule has 6 heteroatoms. The number of esters is 1. The highest BCUT2D eigenvalue weighted by molar-refractivity contribution is 5.98. The Labute approximate surface area is 145 Å². The number of amides is 1. The van der Waals surface area contributed by atoms with Gasteiger partial charge < -0.3 is 14.8 Å². The molecular formula is C19H19NO5. The van der Waals surface area contributed by atoms with Crippen molar-refractivity contribution in [3.05, 3.63) is 60.2 Å². The smallest absolute Gasteiger partial charge is 0.347 e. The molecule has 1 N–H and O–H groups in total. The number of rotatable bonds is 7. The minimum absolute atomic E-state index is 0.194. The lowest BCUT2D eigenvalue weighted by atomic mass is 10.1. The van der Waals surface area contributed by atoms with Crippen LogP contribution in [-0.2, 0) is 14.3 Å². The van der Waals surface area contributed by atoms with E-state index in [0.717, 1.165) is 0 Å². The van der Waals surface area contributed by atoms with E-state index in [2.05, 4.69) is 5.32 Å². The van der Waals surface area contributed by atoms with Crippen molar-refractivity contribution >= 4 is 23.3 Å². The average Bonchev–Trinajstić information content (AvgIpc) is 2.60. The minimum Gasteiger partial charge on any atom is -0.479 e. The lowest BCUT2D eigenvalue weighted by Gasteiger charge is -2.13. The Morgan fingerprint density at radius 2 is 1.64 bits per heavy atom. The maximum absolute atomic E-state index is 12.1. The molecule has 1 amide bonds. The van der Waals surface area contributed by atoms with Gasteiger partial charge in [-0.25, -0.2) is 4.79 Å². The summed E-state index contributed by atoms with van der Waals surface area (Å²) >= 11 is 0. The number of hydrogen-bond donors (Lipinski definition) is 1. The summed E-state index contributed by atoms with van der Waals surface area (Å²) in [5, 5.41) is 2.61. The van der Waals surface area contributed by atoms with E-state index in [0.29, 0.717) is 17.0 Å². The lowest BCUT2D eigenvalue weighted by Crippen LogP contribution is -2.28. The van der Waals surface area contributed by atoms with Crippen molar-refractivity contribution < 1.29 is 23.9 Å². The van der Waals surface area contributed by atoms with E-state index < -0.39 is 12.1 Å². The molecule has 0 aromatic heterocycles. The van der Waals surface area contributed by atoms with E-state index in [4.69, 9.17) is 9.47 Å². The normalized spacial score (nSPS) is 11.3. The van der Waals surface area contributed by atoms with E-state index in [9.17, 15) is 14.4 Å². The molecule has 0 radical (unpaired) electrons. The van der Waals surface area contributed by atoms with Crippen molar-refractivity contribution in [2.24, 2.45) is 0 Å². The second-order valence-corrected chi connectivity index (χ2v) is 5.36. The molecule has 0 bridgehead atoms. The largest absolute Gasteiger partial charge is 0.479 e. The van der Waals surface area contributed by atoms with Gasteiger partial charge in [0.15, 0.2) is 18.5 Å². The summed E-state index contributed by atoms with van der Waals surface area (Å²) < 4.78 is 10.4. The van der Waals surface area contributed by atoms with E-state index in [1.807, 2.05) is 6.07 Å². The number of Topliss-reactive ketones (excluding diaryl/α,β-unsaturated/α-hetero) is 1.